The molecular weight excluding hydrogens is 220 g/mol. The zero-order valence-corrected chi connectivity index (χ0v) is 10.7. The maximum absolute atomic E-state index is 4.76. The molecule has 2 heterocycles. The Labute approximate surface area is 108 Å². The normalized spacial score (nSPS) is 20.8. The molecule has 2 aromatic rings. The summed E-state index contributed by atoms with van der Waals surface area (Å²) in [5.74, 6) is 0. The molecular formula is C16H20N2. The third-order valence-corrected chi connectivity index (χ3v) is 3.77. The largest absolute Gasteiger partial charge is 0.314 e. The van der Waals surface area contributed by atoms with E-state index in [2.05, 4.69) is 41.7 Å². The predicted octanol–water partition coefficient (Wildman–Crippen LogP) is 3.31. The van der Waals surface area contributed by atoms with Crippen LogP contribution in [-0.2, 0) is 6.42 Å². The first-order valence-corrected chi connectivity index (χ1v) is 7.00. The van der Waals surface area contributed by atoms with Gasteiger partial charge in [-0.25, -0.2) is 0 Å². The molecule has 1 aliphatic rings. The minimum absolute atomic E-state index is 0.612. The summed E-state index contributed by atoms with van der Waals surface area (Å²) in [4.78, 5) is 4.76. The summed E-state index contributed by atoms with van der Waals surface area (Å²) in [5.41, 5.74) is 2.33. The molecule has 0 amide bonds. The number of rotatable bonds is 2. The van der Waals surface area contributed by atoms with E-state index in [0.29, 0.717) is 6.04 Å². The highest BCUT2D eigenvalue weighted by molar-refractivity contribution is 5.78. The van der Waals surface area contributed by atoms with Crippen molar-refractivity contribution in [1.82, 2.24) is 10.3 Å². The number of aromatic nitrogens is 1. The van der Waals surface area contributed by atoms with Crippen LogP contribution in [0.15, 0.2) is 36.4 Å². The number of para-hydroxylation sites is 1. The SMILES string of the molecule is c1ccc2nc(CC3CCCCCN3)ccc2c1. The van der Waals surface area contributed by atoms with E-state index in [0.717, 1.165) is 18.5 Å². The van der Waals surface area contributed by atoms with Crippen LogP contribution < -0.4 is 5.32 Å². The molecule has 0 aliphatic carbocycles. The number of nitrogens with zero attached hydrogens (tertiary/aromatic N) is 1. The molecule has 1 aliphatic heterocycles. The highest BCUT2D eigenvalue weighted by Crippen LogP contribution is 2.15. The second-order valence-corrected chi connectivity index (χ2v) is 5.20. The Morgan fingerprint density at radius 2 is 2.00 bits per heavy atom. The molecule has 0 spiro atoms. The van der Waals surface area contributed by atoms with Gasteiger partial charge in [0.1, 0.15) is 0 Å². The number of hydrogen-bond donors (Lipinski definition) is 1. The van der Waals surface area contributed by atoms with Crippen molar-refractivity contribution in [2.45, 2.75) is 38.1 Å². The minimum atomic E-state index is 0.612. The first-order valence-electron chi connectivity index (χ1n) is 7.00. The van der Waals surface area contributed by atoms with E-state index in [-0.39, 0.29) is 0 Å². The van der Waals surface area contributed by atoms with Crippen LogP contribution in [0.1, 0.15) is 31.4 Å². The van der Waals surface area contributed by atoms with Gasteiger partial charge in [-0.05, 0) is 31.5 Å². The molecule has 18 heavy (non-hydrogen) atoms. The second kappa shape index (κ2) is 5.49. The summed E-state index contributed by atoms with van der Waals surface area (Å²) in [6.45, 7) is 1.16. The van der Waals surface area contributed by atoms with Gasteiger partial charge in [-0.15, -0.1) is 0 Å². The summed E-state index contributed by atoms with van der Waals surface area (Å²) in [6.07, 6.45) is 6.39. The summed E-state index contributed by atoms with van der Waals surface area (Å²) < 4.78 is 0. The average molecular weight is 240 g/mol. The number of pyridine rings is 1. The molecule has 3 rings (SSSR count). The van der Waals surface area contributed by atoms with Crippen molar-refractivity contribution in [3.63, 3.8) is 0 Å². The molecule has 0 saturated carbocycles. The van der Waals surface area contributed by atoms with Crippen LogP contribution in [0.3, 0.4) is 0 Å². The Balaban J connectivity index is 1.77. The molecule has 1 saturated heterocycles. The Morgan fingerprint density at radius 1 is 1.06 bits per heavy atom. The van der Waals surface area contributed by atoms with E-state index in [4.69, 9.17) is 4.98 Å². The molecule has 2 heteroatoms. The Hall–Kier alpha value is -1.41. The lowest BCUT2D eigenvalue weighted by Gasteiger charge is -2.15. The minimum Gasteiger partial charge on any atom is -0.314 e. The number of hydrogen-bond acceptors (Lipinski definition) is 2. The Morgan fingerprint density at radius 3 is 3.00 bits per heavy atom. The summed E-state index contributed by atoms with van der Waals surface area (Å²) >= 11 is 0. The van der Waals surface area contributed by atoms with Gasteiger partial charge in [0.15, 0.2) is 0 Å². The highest BCUT2D eigenvalue weighted by atomic mass is 14.9. The van der Waals surface area contributed by atoms with E-state index in [9.17, 15) is 0 Å². The Bertz CT molecular complexity index is 513. The summed E-state index contributed by atoms with van der Waals surface area (Å²) in [5, 5.41) is 4.87. The van der Waals surface area contributed by atoms with Gasteiger partial charge >= 0.3 is 0 Å². The molecule has 1 atom stereocenters. The van der Waals surface area contributed by atoms with Crippen molar-refractivity contribution in [2.24, 2.45) is 0 Å². The van der Waals surface area contributed by atoms with Gasteiger partial charge in [-0.1, -0.05) is 37.1 Å². The van der Waals surface area contributed by atoms with Gasteiger partial charge in [0, 0.05) is 23.5 Å². The van der Waals surface area contributed by atoms with Gasteiger partial charge in [0.2, 0.25) is 0 Å². The third-order valence-electron chi connectivity index (χ3n) is 3.77. The van der Waals surface area contributed by atoms with Crippen LogP contribution in [0, 0.1) is 0 Å². The van der Waals surface area contributed by atoms with E-state index in [1.54, 1.807) is 0 Å². The van der Waals surface area contributed by atoms with Crippen LogP contribution in [-0.4, -0.2) is 17.6 Å². The Kier molecular flexibility index (Phi) is 3.56. The fourth-order valence-electron chi connectivity index (χ4n) is 2.75. The summed E-state index contributed by atoms with van der Waals surface area (Å²) in [7, 11) is 0. The van der Waals surface area contributed by atoms with E-state index in [1.165, 1.54) is 36.8 Å². The molecule has 1 aromatic heterocycles. The monoisotopic (exact) mass is 240 g/mol. The van der Waals surface area contributed by atoms with E-state index < -0.39 is 0 Å². The second-order valence-electron chi connectivity index (χ2n) is 5.20. The van der Waals surface area contributed by atoms with Crippen molar-refractivity contribution >= 4 is 10.9 Å². The zero-order chi connectivity index (χ0) is 12.2. The smallest absolute Gasteiger partial charge is 0.0705 e. The maximum Gasteiger partial charge on any atom is 0.0705 e. The molecule has 1 unspecified atom stereocenters. The molecule has 0 radical (unpaired) electrons. The van der Waals surface area contributed by atoms with Crippen LogP contribution in [0.2, 0.25) is 0 Å². The zero-order valence-electron chi connectivity index (χ0n) is 10.7. The van der Waals surface area contributed by atoms with Crippen molar-refractivity contribution in [2.75, 3.05) is 6.54 Å². The van der Waals surface area contributed by atoms with Crippen molar-refractivity contribution < 1.29 is 0 Å². The maximum atomic E-state index is 4.76. The van der Waals surface area contributed by atoms with E-state index >= 15 is 0 Å². The van der Waals surface area contributed by atoms with Gasteiger partial charge in [-0.3, -0.25) is 4.98 Å². The van der Waals surface area contributed by atoms with Crippen LogP contribution >= 0.6 is 0 Å². The molecule has 0 bridgehead atoms. The van der Waals surface area contributed by atoms with Crippen molar-refractivity contribution in [3.05, 3.63) is 42.1 Å². The fourth-order valence-corrected chi connectivity index (χ4v) is 2.75. The van der Waals surface area contributed by atoms with Gasteiger partial charge in [0.25, 0.3) is 0 Å². The van der Waals surface area contributed by atoms with Gasteiger partial charge in [-0.2, -0.15) is 0 Å². The summed E-state index contributed by atoms with van der Waals surface area (Å²) in [6, 6.07) is 13.3. The van der Waals surface area contributed by atoms with Crippen molar-refractivity contribution in [1.29, 1.82) is 0 Å². The standard InChI is InChI=1S/C16H20N2/c1-2-7-14(17-11-5-1)12-15-10-9-13-6-3-4-8-16(13)18-15/h3-4,6,8-10,14,17H,1-2,5,7,11-12H2. The lowest BCUT2D eigenvalue weighted by atomic mass is 10.0. The molecule has 94 valence electrons. The number of fused-ring (bicyclic) bond motifs is 1. The van der Waals surface area contributed by atoms with Crippen molar-refractivity contribution in [3.8, 4) is 0 Å². The average Bonchev–Trinajstić information content (AvgIpc) is 2.67. The van der Waals surface area contributed by atoms with Crippen LogP contribution in [0.5, 0.6) is 0 Å². The predicted molar refractivity (Wildman–Crippen MR) is 75.7 cm³/mol. The van der Waals surface area contributed by atoms with Gasteiger partial charge < -0.3 is 5.32 Å². The first-order chi connectivity index (χ1) is 8.92. The molecule has 2 nitrogen and oxygen atoms in total. The third kappa shape index (κ3) is 2.70. The van der Waals surface area contributed by atoms with Gasteiger partial charge in [0.05, 0.1) is 5.52 Å². The first kappa shape index (κ1) is 11.7. The number of benzene rings is 1. The van der Waals surface area contributed by atoms with E-state index in [1.807, 2.05) is 0 Å². The highest BCUT2D eigenvalue weighted by Gasteiger charge is 2.12. The fraction of sp³-hybridized carbons (Fsp3) is 0.438. The van der Waals surface area contributed by atoms with Crippen LogP contribution in [0.4, 0.5) is 0 Å². The lowest BCUT2D eigenvalue weighted by Crippen LogP contribution is -2.30. The quantitative estimate of drug-likeness (QED) is 0.871. The molecule has 1 fully saturated rings. The molecule has 1 aromatic carbocycles. The lowest BCUT2D eigenvalue weighted by molar-refractivity contribution is 0.503. The molecule has 1 N–H and O–H groups in total. The topological polar surface area (TPSA) is 24.9 Å². The number of nitrogens with one attached hydrogen (secondary N) is 1. The van der Waals surface area contributed by atoms with Crippen LogP contribution in [0.25, 0.3) is 10.9 Å².